The van der Waals surface area contributed by atoms with Crippen molar-refractivity contribution < 1.29 is 4.79 Å². The number of nitrogens with zero attached hydrogens (tertiary/aromatic N) is 2. The summed E-state index contributed by atoms with van der Waals surface area (Å²) in [5.74, 6) is -0.0109. The fourth-order valence-corrected chi connectivity index (χ4v) is 4.94. The van der Waals surface area contributed by atoms with Crippen LogP contribution >= 0.6 is 34.7 Å². The number of amides is 1. The Bertz CT molecular complexity index is 1300. The van der Waals surface area contributed by atoms with Crippen LogP contribution in [-0.4, -0.2) is 21.2 Å². The van der Waals surface area contributed by atoms with Crippen LogP contribution in [0.25, 0.3) is 10.2 Å². The molecule has 5 nitrogen and oxygen atoms in total. The number of aromatic nitrogens is 2. The van der Waals surface area contributed by atoms with E-state index in [0.717, 1.165) is 23.2 Å². The van der Waals surface area contributed by atoms with Gasteiger partial charge in [-0.15, -0.1) is 11.3 Å². The zero-order valence-corrected chi connectivity index (χ0v) is 19.2. The van der Waals surface area contributed by atoms with Crippen LogP contribution in [0, 0.1) is 0 Å². The van der Waals surface area contributed by atoms with Crippen LogP contribution < -0.4 is 10.9 Å². The molecule has 31 heavy (non-hydrogen) atoms. The van der Waals surface area contributed by atoms with Gasteiger partial charge in [0.15, 0.2) is 5.16 Å². The summed E-state index contributed by atoms with van der Waals surface area (Å²) >= 11 is 8.92. The van der Waals surface area contributed by atoms with E-state index in [-0.39, 0.29) is 17.2 Å². The molecule has 0 aliphatic heterocycles. The molecular formula is C23H20ClN3O2S2. The Morgan fingerprint density at radius 1 is 1.19 bits per heavy atom. The first-order valence-electron chi connectivity index (χ1n) is 9.78. The number of benzene rings is 2. The highest BCUT2D eigenvalue weighted by molar-refractivity contribution is 7.99. The molecule has 0 aliphatic rings. The summed E-state index contributed by atoms with van der Waals surface area (Å²) in [5, 5.41) is 5.85. The van der Waals surface area contributed by atoms with E-state index < -0.39 is 0 Å². The number of carbonyl (C=O) groups excluding carboxylic acids is 1. The normalized spacial score (nSPS) is 11.0. The van der Waals surface area contributed by atoms with Crippen molar-refractivity contribution in [2.75, 3.05) is 11.1 Å². The van der Waals surface area contributed by atoms with Gasteiger partial charge in [-0.05, 0) is 47.2 Å². The number of rotatable bonds is 7. The number of aryl methyl sites for hydroxylation is 1. The van der Waals surface area contributed by atoms with Gasteiger partial charge in [-0.1, -0.05) is 60.6 Å². The second-order valence-corrected chi connectivity index (χ2v) is 9.17. The minimum atomic E-state index is -0.151. The molecule has 1 amide bonds. The zero-order valence-electron chi connectivity index (χ0n) is 16.8. The van der Waals surface area contributed by atoms with Gasteiger partial charge in [0.05, 0.1) is 17.8 Å². The molecule has 0 fully saturated rings. The highest BCUT2D eigenvalue weighted by Crippen LogP contribution is 2.24. The van der Waals surface area contributed by atoms with Gasteiger partial charge in [0.1, 0.15) is 4.70 Å². The number of thiophene rings is 1. The summed E-state index contributed by atoms with van der Waals surface area (Å²) in [7, 11) is 0. The summed E-state index contributed by atoms with van der Waals surface area (Å²) in [4.78, 5) is 30.3. The van der Waals surface area contributed by atoms with Crippen molar-refractivity contribution in [2.24, 2.45) is 0 Å². The first-order valence-corrected chi connectivity index (χ1v) is 12.0. The summed E-state index contributed by atoms with van der Waals surface area (Å²) in [6, 6.07) is 17.0. The van der Waals surface area contributed by atoms with Gasteiger partial charge < -0.3 is 5.32 Å². The Morgan fingerprint density at radius 3 is 2.84 bits per heavy atom. The summed E-state index contributed by atoms with van der Waals surface area (Å²) < 4.78 is 2.19. The Balaban J connectivity index is 1.58. The molecule has 2 heterocycles. The third kappa shape index (κ3) is 5.01. The average molecular weight is 470 g/mol. The molecule has 2 aromatic heterocycles. The largest absolute Gasteiger partial charge is 0.325 e. The molecule has 0 aliphatic carbocycles. The number of hydrogen-bond donors (Lipinski definition) is 1. The topological polar surface area (TPSA) is 64.0 Å². The van der Waals surface area contributed by atoms with E-state index >= 15 is 0 Å². The van der Waals surface area contributed by atoms with Crippen molar-refractivity contribution in [1.82, 2.24) is 9.55 Å². The predicted molar refractivity (Wildman–Crippen MR) is 130 cm³/mol. The molecule has 158 valence electrons. The second-order valence-electron chi connectivity index (χ2n) is 6.90. The maximum absolute atomic E-state index is 13.1. The standard InChI is InChI=1S/C23H20ClN3O2S2/c1-2-15-6-5-8-17(12-15)25-20(28)14-31-23-26-19-10-11-30-21(19)22(29)27(23)13-16-7-3-4-9-18(16)24/h3-12H,2,13-14H2,1H3,(H,25,28). The van der Waals surface area contributed by atoms with E-state index in [2.05, 4.69) is 17.2 Å². The minimum absolute atomic E-state index is 0.126. The van der Waals surface area contributed by atoms with Crippen LogP contribution in [0.2, 0.25) is 5.02 Å². The molecule has 2 aromatic carbocycles. The van der Waals surface area contributed by atoms with Crippen molar-refractivity contribution in [3.05, 3.63) is 86.5 Å². The van der Waals surface area contributed by atoms with Crippen LogP contribution in [0.15, 0.2) is 69.9 Å². The molecule has 0 unspecified atom stereocenters. The first-order chi connectivity index (χ1) is 15.0. The quantitative estimate of drug-likeness (QED) is 0.288. The number of halogens is 1. The van der Waals surface area contributed by atoms with E-state index in [1.54, 1.807) is 10.6 Å². The van der Waals surface area contributed by atoms with Crippen LogP contribution in [0.4, 0.5) is 5.69 Å². The van der Waals surface area contributed by atoms with Gasteiger partial charge in [0, 0.05) is 10.7 Å². The molecule has 4 rings (SSSR count). The van der Waals surface area contributed by atoms with Gasteiger partial charge in [0.25, 0.3) is 5.56 Å². The summed E-state index contributed by atoms with van der Waals surface area (Å²) in [6.07, 6.45) is 0.900. The lowest BCUT2D eigenvalue weighted by Gasteiger charge is -2.13. The Hall–Kier alpha value is -2.61. The Kier molecular flexibility index (Phi) is 6.75. The number of carbonyl (C=O) groups is 1. The van der Waals surface area contributed by atoms with E-state index in [1.165, 1.54) is 23.1 Å². The van der Waals surface area contributed by atoms with E-state index in [9.17, 15) is 9.59 Å². The van der Waals surface area contributed by atoms with E-state index in [0.29, 0.717) is 26.9 Å². The van der Waals surface area contributed by atoms with Gasteiger partial charge in [0.2, 0.25) is 5.91 Å². The smallest absolute Gasteiger partial charge is 0.272 e. The van der Waals surface area contributed by atoms with E-state index in [4.69, 9.17) is 11.6 Å². The second kappa shape index (κ2) is 9.68. The average Bonchev–Trinajstić information content (AvgIpc) is 3.25. The van der Waals surface area contributed by atoms with Crippen molar-refractivity contribution in [2.45, 2.75) is 25.0 Å². The molecule has 0 radical (unpaired) electrons. The van der Waals surface area contributed by atoms with Crippen molar-refractivity contribution in [1.29, 1.82) is 0 Å². The molecule has 0 atom stereocenters. The lowest BCUT2D eigenvalue weighted by atomic mass is 10.1. The number of hydrogen-bond acceptors (Lipinski definition) is 5. The molecular weight excluding hydrogens is 450 g/mol. The molecule has 4 aromatic rings. The molecule has 0 saturated carbocycles. The van der Waals surface area contributed by atoms with Gasteiger partial charge in [-0.2, -0.15) is 0 Å². The maximum atomic E-state index is 13.1. The molecule has 0 saturated heterocycles. The minimum Gasteiger partial charge on any atom is -0.325 e. The fraction of sp³-hybridized carbons (Fsp3) is 0.174. The maximum Gasteiger partial charge on any atom is 0.272 e. The Morgan fingerprint density at radius 2 is 2.03 bits per heavy atom. The van der Waals surface area contributed by atoms with Crippen molar-refractivity contribution >= 4 is 56.5 Å². The third-order valence-corrected chi connectivity index (χ3v) is 7.01. The van der Waals surface area contributed by atoms with Gasteiger partial charge in [-0.3, -0.25) is 14.2 Å². The highest BCUT2D eigenvalue weighted by Gasteiger charge is 2.15. The molecule has 0 spiro atoms. The first kappa shape index (κ1) is 21.6. The van der Waals surface area contributed by atoms with Crippen molar-refractivity contribution in [3.8, 4) is 0 Å². The van der Waals surface area contributed by atoms with Crippen LogP contribution in [0.3, 0.4) is 0 Å². The molecule has 8 heteroatoms. The number of thioether (sulfide) groups is 1. The monoisotopic (exact) mass is 469 g/mol. The molecule has 1 N–H and O–H groups in total. The fourth-order valence-electron chi connectivity index (χ4n) is 3.17. The highest BCUT2D eigenvalue weighted by atomic mass is 35.5. The summed E-state index contributed by atoms with van der Waals surface area (Å²) in [5.41, 5.74) is 3.26. The van der Waals surface area contributed by atoms with Crippen molar-refractivity contribution in [3.63, 3.8) is 0 Å². The SMILES string of the molecule is CCc1cccc(NC(=O)CSc2nc3ccsc3c(=O)n2Cc2ccccc2Cl)c1. The lowest BCUT2D eigenvalue weighted by Crippen LogP contribution is -2.24. The van der Waals surface area contributed by atoms with Crippen LogP contribution in [-0.2, 0) is 17.8 Å². The number of fused-ring (bicyclic) bond motifs is 1. The third-order valence-electron chi connectivity index (χ3n) is 4.77. The lowest BCUT2D eigenvalue weighted by molar-refractivity contribution is -0.113. The number of anilines is 1. The van der Waals surface area contributed by atoms with Crippen LogP contribution in [0.5, 0.6) is 0 Å². The number of nitrogens with one attached hydrogen (secondary N) is 1. The predicted octanol–water partition coefficient (Wildman–Crippen LogP) is 5.45. The Labute approximate surface area is 193 Å². The summed E-state index contributed by atoms with van der Waals surface area (Å²) in [6.45, 7) is 2.36. The van der Waals surface area contributed by atoms with Gasteiger partial charge in [-0.25, -0.2) is 4.98 Å². The van der Waals surface area contributed by atoms with E-state index in [1.807, 2.05) is 53.9 Å². The van der Waals surface area contributed by atoms with Gasteiger partial charge >= 0.3 is 0 Å². The zero-order chi connectivity index (χ0) is 21.8. The van der Waals surface area contributed by atoms with Crippen LogP contribution in [0.1, 0.15) is 18.1 Å². The molecule has 0 bridgehead atoms.